The fraction of sp³-hybridized carbons (Fsp3) is 0.760. The van der Waals surface area contributed by atoms with Gasteiger partial charge in [-0.2, -0.15) is 0 Å². The van der Waals surface area contributed by atoms with Crippen molar-refractivity contribution in [2.24, 2.45) is 0 Å². The zero-order valence-corrected chi connectivity index (χ0v) is 18.9. The van der Waals surface area contributed by atoms with E-state index in [4.69, 9.17) is 4.74 Å². The van der Waals surface area contributed by atoms with Gasteiger partial charge in [-0.1, -0.05) is 72.6 Å². The van der Waals surface area contributed by atoms with Crippen LogP contribution in [0.15, 0.2) is 0 Å². The Labute approximate surface area is 173 Å². The van der Waals surface area contributed by atoms with E-state index in [2.05, 4.69) is 27.7 Å². The van der Waals surface area contributed by atoms with E-state index >= 15 is 0 Å². The van der Waals surface area contributed by atoms with Gasteiger partial charge < -0.3 is 14.9 Å². The third-order valence-corrected chi connectivity index (χ3v) is 5.56. The van der Waals surface area contributed by atoms with Gasteiger partial charge in [0.2, 0.25) is 5.75 Å². The molecule has 3 heteroatoms. The van der Waals surface area contributed by atoms with Crippen LogP contribution in [-0.4, -0.2) is 16.8 Å². The van der Waals surface area contributed by atoms with Crippen LogP contribution in [-0.2, 0) is 19.3 Å². The fourth-order valence-corrected chi connectivity index (χ4v) is 3.82. The van der Waals surface area contributed by atoms with Crippen LogP contribution in [0.3, 0.4) is 0 Å². The number of hydrogen-bond donors (Lipinski definition) is 2. The summed E-state index contributed by atoms with van der Waals surface area (Å²) < 4.78 is 6.04. The molecule has 0 saturated carbocycles. The fourth-order valence-electron chi connectivity index (χ4n) is 3.82. The van der Waals surface area contributed by atoms with Gasteiger partial charge in [0.1, 0.15) is 0 Å². The van der Waals surface area contributed by atoms with Crippen molar-refractivity contribution in [3.63, 3.8) is 0 Å². The highest BCUT2D eigenvalue weighted by Gasteiger charge is 2.24. The number of phenolic OH excluding ortho intramolecular Hbond substituents is 2. The molecule has 0 amide bonds. The summed E-state index contributed by atoms with van der Waals surface area (Å²) in [5.74, 6) is 0.578. The van der Waals surface area contributed by atoms with Crippen LogP contribution in [0.2, 0.25) is 0 Å². The van der Waals surface area contributed by atoms with Crippen molar-refractivity contribution in [1.29, 1.82) is 0 Å². The molecule has 2 N–H and O–H groups in total. The second-order valence-corrected chi connectivity index (χ2v) is 8.04. The lowest BCUT2D eigenvalue weighted by molar-refractivity contribution is 0.282. The molecule has 162 valence electrons. The zero-order chi connectivity index (χ0) is 20.8. The summed E-state index contributed by atoms with van der Waals surface area (Å²) in [5, 5.41) is 21.6. The van der Waals surface area contributed by atoms with E-state index in [0.29, 0.717) is 12.4 Å². The van der Waals surface area contributed by atoms with Crippen molar-refractivity contribution in [2.75, 3.05) is 6.61 Å². The van der Waals surface area contributed by atoms with E-state index in [9.17, 15) is 10.2 Å². The molecule has 0 bridgehead atoms. The van der Waals surface area contributed by atoms with Gasteiger partial charge in [-0.15, -0.1) is 0 Å². The smallest absolute Gasteiger partial charge is 0.201 e. The van der Waals surface area contributed by atoms with Crippen molar-refractivity contribution in [3.8, 4) is 17.2 Å². The van der Waals surface area contributed by atoms with Gasteiger partial charge >= 0.3 is 0 Å². The first-order valence-corrected chi connectivity index (χ1v) is 11.8. The molecule has 0 aliphatic rings. The molecular formula is C25H44O3. The van der Waals surface area contributed by atoms with Crippen LogP contribution >= 0.6 is 0 Å². The first-order valence-electron chi connectivity index (χ1n) is 11.8. The summed E-state index contributed by atoms with van der Waals surface area (Å²) >= 11 is 0. The first kappa shape index (κ1) is 24.7. The predicted molar refractivity (Wildman–Crippen MR) is 120 cm³/mol. The summed E-state index contributed by atoms with van der Waals surface area (Å²) in [4.78, 5) is 0. The zero-order valence-electron chi connectivity index (χ0n) is 18.9. The van der Waals surface area contributed by atoms with E-state index < -0.39 is 0 Å². The van der Waals surface area contributed by atoms with E-state index in [1.165, 1.54) is 31.2 Å². The standard InChI is InChI=1S/C25H44O3/c1-5-9-13-16-20-21(17-14-10-6-2)23(26)24(27)25(28-19-12-8-4)22(20)18-15-11-7-3/h26-27H,5-19H2,1-4H3. The Kier molecular flexibility index (Phi) is 12.9. The Morgan fingerprint density at radius 3 is 1.50 bits per heavy atom. The molecule has 0 aliphatic carbocycles. The van der Waals surface area contributed by atoms with E-state index in [0.717, 1.165) is 75.3 Å². The lowest BCUT2D eigenvalue weighted by Gasteiger charge is -2.22. The van der Waals surface area contributed by atoms with E-state index in [-0.39, 0.29) is 11.5 Å². The number of hydrogen-bond acceptors (Lipinski definition) is 3. The highest BCUT2D eigenvalue weighted by atomic mass is 16.5. The molecule has 0 aromatic heterocycles. The van der Waals surface area contributed by atoms with Gasteiger partial charge in [-0.3, -0.25) is 0 Å². The molecule has 0 atom stereocenters. The molecule has 1 aromatic rings. The van der Waals surface area contributed by atoms with Crippen molar-refractivity contribution in [1.82, 2.24) is 0 Å². The third-order valence-electron chi connectivity index (χ3n) is 5.56. The maximum Gasteiger partial charge on any atom is 0.201 e. The second kappa shape index (κ2) is 14.6. The molecule has 0 saturated heterocycles. The van der Waals surface area contributed by atoms with E-state index in [1.54, 1.807) is 0 Å². The minimum Gasteiger partial charge on any atom is -0.504 e. The Morgan fingerprint density at radius 1 is 0.536 bits per heavy atom. The van der Waals surface area contributed by atoms with Gasteiger partial charge in [-0.05, 0) is 50.5 Å². The summed E-state index contributed by atoms with van der Waals surface area (Å²) in [5.41, 5.74) is 3.38. The highest BCUT2D eigenvalue weighted by molar-refractivity contribution is 5.62. The predicted octanol–water partition coefficient (Wildman–Crippen LogP) is 7.47. The van der Waals surface area contributed by atoms with Crippen molar-refractivity contribution in [2.45, 2.75) is 118 Å². The lowest BCUT2D eigenvalue weighted by atomic mass is 9.88. The third kappa shape index (κ3) is 7.56. The normalized spacial score (nSPS) is 11.1. The molecule has 0 unspecified atom stereocenters. The largest absolute Gasteiger partial charge is 0.504 e. The maximum absolute atomic E-state index is 10.8. The molecule has 0 fully saturated rings. The molecule has 1 aromatic carbocycles. The molecule has 0 radical (unpaired) electrons. The monoisotopic (exact) mass is 392 g/mol. The molecule has 0 spiro atoms. The minimum absolute atomic E-state index is 0.0339. The number of aromatic hydroxyl groups is 2. The van der Waals surface area contributed by atoms with Gasteiger partial charge in [0, 0.05) is 11.1 Å². The van der Waals surface area contributed by atoms with Crippen LogP contribution in [0.25, 0.3) is 0 Å². The average molecular weight is 393 g/mol. The molecule has 28 heavy (non-hydrogen) atoms. The number of benzene rings is 1. The summed E-state index contributed by atoms with van der Waals surface area (Å²) in [6.07, 6.45) is 15.0. The Hall–Kier alpha value is -1.38. The summed E-state index contributed by atoms with van der Waals surface area (Å²) in [7, 11) is 0. The lowest BCUT2D eigenvalue weighted by Crippen LogP contribution is -2.08. The molecule has 0 aliphatic heterocycles. The minimum atomic E-state index is -0.0339. The highest BCUT2D eigenvalue weighted by Crippen LogP contribution is 2.46. The average Bonchev–Trinajstić information content (AvgIpc) is 2.69. The number of phenols is 2. The van der Waals surface area contributed by atoms with Crippen molar-refractivity contribution < 1.29 is 14.9 Å². The molecule has 0 heterocycles. The molecule has 3 nitrogen and oxygen atoms in total. The Balaban J connectivity index is 3.34. The van der Waals surface area contributed by atoms with Crippen LogP contribution < -0.4 is 4.74 Å². The molecule has 1 rings (SSSR count). The first-order chi connectivity index (χ1) is 13.6. The quantitative estimate of drug-likeness (QED) is 0.226. The molecular weight excluding hydrogens is 348 g/mol. The number of rotatable bonds is 16. The van der Waals surface area contributed by atoms with E-state index in [1.807, 2.05) is 0 Å². The maximum atomic E-state index is 10.8. The topological polar surface area (TPSA) is 49.7 Å². The van der Waals surface area contributed by atoms with Gasteiger partial charge in [0.05, 0.1) is 6.61 Å². The van der Waals surface area contributed by atoms with Gasteiger partial charge in [0.25, 0.3) is 0 Å². The van der Waals surface area contributed by atoms with Crippen LogP contribution in [0.4, 0.5) is 0 Å². The SMILES string of the molecule is CCCCCc1c(O)c(O)c(OCCCC)c(CCCCC)c1CCCCC. The summed E-state index contributed by atoms with van der Waals surface area (Å²) in [6, 6.07) is 0. The van der Waals surface area contributed by atoms with Crippen LogP contribution in [0, 0.1) is 0 Å². The van der Waals surface area contributed by atoms with Crippen LogP contribution in [0.5, 0.6) is 17.2 Å². The van der Waals surface area contributed by atoms with Crippen LogP contribution in [0.1, 0.15) is 115 Å². The Bertz CT molecular complexity index is 502. The van der Waals surface area contributed by atoms with Crippen molar-refractivity contribution >= 4 is 0 Å². The second-order valence-electron chi connectivity index (χ2n) is 8.04. The van der Waals surface area contributed by atoms with Gasteiger partial charge in [0.15, 0.2) is 11.5 Å². The number of unbranched alkanes of at least 4 members (excludes halogenated alkanes) is 7. The summed E-state index contributed by atoms with van der Waals surface area (Å²) in [6.45, 7) is 9.35. The Morgan fingerprint density at radius 2 is 1.00 bits per heavy atom. The van der Waals surface area contributed by atoms with Crippen molar-refractivity contribution in [3.05, 3.63) is 16.7 Å². The van der Waals surface area contributed by atoms with Gasteiger partial charge in [-0.25, -0.2) is 0 Å². The number of ether oxygens (including phenoxy) is 1.